The molecule has 0 aliphatic heterocycles. The van der Waals surface area contributed by atoms with Crippen molar-refractivity contribution in [2.24, 2.45) is 0 Å². The standard InChI is InChI=1S/C13H18N4O2S/c1-6(4-5-18)15-12(19)11-10(14)9-7(2)8(3)16-17-13(9)20-11/h6,18H,4-5,14H2,1-3H3,(H,15,19). The number of fused-ring (bicyclic) bond motifs is 1. The number of carbonyl (C=O) groups is 1. The summed E-state index contributed by atoms with van der Waals surface area (Å²) in [6.07, 6.45) is 0.508. The number of hydrogen-bond acceptors (Lipinski definition) is 6. The molecule has 0 saturated carbocycles. The number of nitrogens with two attached hydrogens (primary N) is 1. The van der Waals surface area contributed by atoms with Gasteiger partial charge in [0.2, 0.25) is 0 Å². The average molecular weight is 294 g/mol. The van der Waals surface area contributed by atoms with E-state index >= 15 is 0 Å². The summed E-state index contributed by atoms with van der Waals surface area (Å²) >= 11 is 1.24. The number of thiophene rings is 1. The Morgan fingerprint density at radius 2 is 2.15 bits per heavy atom. The molecule has 0 aliphatic rings. The van der Waals surface area contributed by atoms with Crippen LogP contribution in [0.15, 0.2) is 0 Å². The van der Waals surface area contributed by atoms with E-state index in [4.69, 9.17) is 10.8 Å². The summed E-state index contributed by atoms with van der Waals surface area (Å²) in [5, 5.41) is 20.6. The lowest BCUT2D eigenvalue weighted by atomic mass is 10.1. The van der Waals surface area contributed by atoms with Gasteiger partial charge in [-0.3, -0.25) is 4.79 Å². The second-order valence-corrected chi connectivity index (χ2v) is 5.82. The van der Waals surface area contributed by atoms with Gasteiger partial charge in [-0.1, -0.05) is 0 Å². The molecule has 1 unspecified atom stereocenters. The Kier molecular flexibility index (Phi) is 4.20. The molecule has 2 rings (SSSR count). The number of aromatic nitrogens is 2. The van der Waals surface area contributed by atoms with Crippen LogP contribution in [-0.2, 0) is 0 Å². The Balaban J connectivity index is 2.38. The number of rotatable bonds is 4. The highest BCUT2D eigenvalue weighted by molar-refractivity contribution is 7.21. The third-order valence-corrected chi connectivity index (χ3v) is 4.37. The molecule has 0 saturated heterocycles. The van der Waals surface area contributed by atoms with E-state index in [1.807, 2.05) is 20.8 Å². The highest BCUT2D eigenvalue weighted by atomic mass is 32.1. The van der Waals surface area contributed by atoms with Crippen LogP contribution in [-0.4, -0.2) is 33.9 Å². The summed E-state index contributed by atoms with van der Waals surface area (Å²) in [4.78, 5) is 13.3. The highest BCUT2D eigenvalue weighted by Crippen LogP contribution is 2.34. The molecule has 0 bridgehead atoms. The van der Waals surface area contributed by atoms with Crippen molar-refractivity contribution in [1.29, 1.82) is 0 Å². The van der Waals surface area contributed by atoms with Crippen molar-refractivity contribution in [3.8, 4) is 0 Å². The summed E-state index contributed by atoms with van der Waals surface area (Å²) in [6.45, 7) is 5.66. The second-order valence-electron chi connectivity index (χ2n) is 4.82. The van der Waals surface area contributed by atoms with Gasteiger partial charge in [-0.15, -0.1) is 16.4 Å². The minimum absolute atomic E-state index is 0.0348. The summed E-state index contributed by atoms with van der Waals surface area (Å²) in [5.74, 6) is -0.233. The van der Waals surface area contributed by atoms with Gasteiger partial charge in [-0.25, -0.2) is 0 Å². The predicted octanol–water partition coefficient (Wildman–Crippen LogP) is 1.39. The van der Waals surface area contributed by atoms with Crippen LogP contribution in [0.5, 0.6) is 0 Å². The van der Waals surface area contributed by atoms with Crippen molar-refractivity contribution in [2.75, 3.05) is 12.3 Å². The minimum Gasteiger partial charge on any atom is -0.397 e. The number of amides is 1. The van der Waals surface area contributed by atoms with Gasteiger partial charge in [0.1, 0.15) is 9.71 Å². The fourth-order valence-electron chi connectivity index (χ4n) is 1.96. The van der Waals surface area contributed by atoms with Crippen molar-refractivity contribution < 1.29 is 9.90 Å². The first-order chi connectivity index (χ1) is 9.45. The lowest BCUT2D eigenvalue weighted by Crippen LogP contribution is -2.33. The molecule has 0 spiro atoms. The van der Waals surface area contributed by atoms with Gasteiger partial charge in [0, 0.05) is 18.0 Å². The second kappa shape index (κ2) is 5.72. The number of nitrogen functional groups attached to an aromatic ring is 1. The number of hydrogen-bond donors (Lipinski definition) is 3. The first kappa shape index (κ1) is 14.7. The number of nitrogens with one attached hydrogen (secondary N) is 1. The van der Waals surface area contributed by atoms with E-state index in [-0.39, 0.29) is 18.6 Å². The van der Waals surface area contributed by atoms with Crippen molar-refractivity contribution >= 4 is 33.1 Å². The molecule has 1 atom stereocenters. The van der Waals surface area contributed by atoms with Gasteiger partial charge in [0.25, 0.3) is 5.91 Å². The third-order valence-electron chi connectivity index (χ3n) is 3.28. The molecule has 0 radical (unpaired) electrons. The van der Waals surface area contributed by atoms with Crippen molar-refractivity contribution in [2.45, 2.75) is 33.2 Å². The quantitative estimate of drug-likeness (QED) is 0.791. The van der Waals surface area contributed by atoms with Crippen molar-refractivity contribution in [3.05, 3.63) is 16.1 Å². The average Bonchev–Trinajstić information content (AvgIpc) is 2.72. The largest absolute Gasteiger partial charge is 0.397 e. The summed E-state index contributed by atoms with van der Waals surface area (Å²) in [5.41, 5.74) is 8.30. The Morgan fingerprint density at radius 3 is 2.80 bits per heavy atom. The molecule has 108 valence electrons. The van der Waals surface area contributed by atoms with Crippen molar-refractivity contribution in [3.63, 3.8) is 0 Å². The van der Waals surface area contributed by atoms with Gasteiger partial charge in [0.05, 0.1) is 11.4 Å². The van der Waals surface area contributed by atoms with E-state index in [0.29, 0.717) is 21.8 Å². The fourth-order valence-corrected chi connectivity index (χ4v) is 2.97. The molecule has 7 heteroatoms. The van der Waals surface area contributed by atoms with E-state index < -0.39 is 0 Å². The lowest BCUT2D eigenvalue weighted by Gasteiger charge is -2.11. The maximum atomic E-state index is 12.2. The fraction of sp³-hybridized carbons (Fsp3) is 0.462. The van der Waals surface area contributed by atoms with Gasteiger partial charge < -0.3 is 16.2 Å². The molecule has 0 aromatic carbocycles. The van der Waals surface area contributed by atoms with E-state index in [9.17, 15) is 4.79 Å². The Hall–Kier alpha value is -1.73. The molecule has 2 heterocycles. The highest BCUT2D eigenvalue weighted by Gasteiger charge is 2.20. The van der Waals surface area contributed by atoms with Crippen molar-refractivity contribution in [1.82, 2.24) is 15.5 Å². The zero-order valence-corrected chi connectivity index (χ0v) is 12.5. The number of anilines is 1. The number of nitrogens with zero attached hydrogens (tertiary/aromatic N) is 2. The lowest BCUT2D eigenvalue weighted by molar-refractivity contribution is 0.0939. The Bertz CT molecular complexity index is 653. The van der Waals surface area contributed by atoms with Crippen LogP contribution in [0.1, 0.15) is 34.3 Å². The normalized spacial score (nSPS) is 12.6. The molecule has 0 fully saturated rings. The maximum absolute atomic E-state index is 12.2. The van der Waals surface area contributed by atoms with Crippen LogP contribution in [0.3, 0.4) is 0 Å². The van der Waals surface area contributed by atoms with E-state index in [1.165, 1.54) is 11.3 Å². The summed E-state index contributed by atoms with van der Waals surface area (Å²) in [6, 6.07) is -0.106. The molecule has 4 N–H and O–H groups in total. The molecule has 2 aromatic rings. The topological polar surface area (TPSA) is 101 Å². The third kappa shape index (κ3) is 2.59. The Labute approximate surface area is 121 Å². The first-order valence-corrected chi connectivity index (χ1v) is 7.21. The molecule has 6 nitrogen and oxygen atoms in total. The van der Waals surface area contributed by atoms with Crippen LogP contribution >= 0.6 is 11.3 Å². The molecular weight excluding hydrogens is 276 g/mol. The number of aliphatic hydroxyl groups is 1. The van der Waals surface area contributed by atoms with Crippen LogP contribution < -0.4 is 11.1 Å². The van der Waals surface area contributed by atoms with Crippen LogP contribution in [0, 0.1) is 13.8 Å². The smallest absolute Gasteiger partial charge is 0.263 e. The van der Waals surface area contributed by atoms with E-state index in [1.54, 1.807) is 0 Å². The van der Waals surface area contributed by atoms with Crippen LogP contribution in [0.2, 0.25) is 0 Å². The zero-order valence-electron chi connectivity index (χ0n) is 11.7. The van der Waals surface area contributed by atoms with Gasteiger partial charge >= 0.3 is 0 Å². The SMILES string of the molecule is Cc1nnc2sc(C(=O)NC(C)CCO)c(N)c2c1C. The van der Waals surface area contributed by atoms with Gasteiger partial charge in [-0.2, -0.15) is 5.10 Å². The Morgan fingerprint density at radius 1 is 1.45 bits per heavy atom. The van der Waals surface area contributed by atoms with Crippen LogP contribution in [0.25, 0.3) is 10.2 Å². The van der Waals surface area contributed by atoms with E-state index in [0.717, 1.165) is 16.6 Å². The molecule has 1 amide bonds. The number of aliphatic hydroxyl groups excluding tert-OH is 1. The maximum Gasteiger partial charge on any atom is 0.263 e. The summed E-state index contributed by atoms with van der Waals surface area (Å²) in [7, 11) is 0. The van der Waals surface area contributed by atoms with E-state index in [2.05, 4.69) is 15.5 Å². The van der Waals surface area contributed by atoms with Gasteiger partial charge in [0.15, 0.2) is 0 Å². The predicted molar refractivity (Wildman–Crippen MR) is 79.9 cm³/mol. The molecular formula is C13H18N4O2S. The minimum atomic E-state index is -0.233. The summed E-state index contributed by atoms with van der Waals surface area (Å²) < 4.78 is 0. The monoisotopic (exact) mass is 294 g/mol. The number of aryl methyl sites for hydroxylation is 2. The molecule has 2 aromatic heterocycles. The van der Waals surface area contributed by atoms with Crippen LogP contribution in [0.4, 0.5) is 5.69 Å². The molecule has 20 heavy (non-hydrogen) atoms. The first-order valence-electron chi connectivity index (χ1n) is 6.39. The van der Waals surface area contributed by atoms with Gasteiger partial charge in [-0.05, 0) is 32.8 Å². The molecule has 0 aliphatic carbocycles. The number of carbonyl (C=O) groups excluding carboxylic acids is 1. The zero-order chi connectivity index (χ0) is 14.9.